The Kier molecular flexibility index (Phi) is 5.56. The van der Waals surface area contributed by atoms with Gasteiger partial charge in [-0.3, -0.25) is 0 Å². The van der Waals surface area contributed by atoms with Crippen LogP contribution in [0.15, 0.2) is 23.1 Å². The van der Waals surface area contributed by atoms with Crippen molar-refractivity contribution in [3.8, 4) is 0 Å². The van der Waals surface area contributed by atoms with Crippen LogP contribution in [-0.4, -0.2) is 26.0 Å². The number of carboxylic acids is 1. The molecule has 7 heteroatoms. The molecule has 0 aliphatic carbocycles. The van der Waals surface area contributed by atoms with Gasteiger partial charge >= 0.3 is 5.97 Å². The Labute approximate surface area is 124 Å². The summed E-state index contributed by atoms with van der Waals surface area (Å²) in [5.74, 6) is -0.710. The molecule has 0 amide bonds. The molecule has 1 aromatic carbocycles. The van der Waals surface area contributed by atoms with Gasteiger partial charge < -0.3 is 5.11 Å². The number of aromatic carboxylic acids is 1. The molecular weight excluding hydrogens is 302 g/mol. The number of rotatable bonds is 6. The highest BCUT2D eigenvalue weighted by Crippen LogP contribution is 2.23. The highest BCUT2D eigenvalue weighted by Gasteiger charge is 2.21. The number of carboxylic acid groups (broad SMARTS) is 1. The molecule has 0 bridgehead atoms. The largest absolute Gasteiger partial charge is 0.478 e. The van der Waals surface area contributed by atoms with Crippen LogP contribution in [0.4, 0.5) is 0 Å². The van der Waals surface area contributed by atoms with Crippen LogP contribution in [-0.2, 0) is 10.0 Å². The van der Waals surface area contributed by atoms with Crippen molar-refractivity contribution in [1.82, 2.24) is 4.72 Å². The van der Waals surface area contributed by atoms with Gasteiger partial charge in [-0.15, -0.1) is 0 Å². The van der Waals surface area contributed by atoms with Gasteiger partial charge in [0.2, 0.25) is 10.0 Å². The van der Waals surface area contributed by atoms with Gasteiger partial charge in [0.15, 0.2) is 0 Å². The van der Waals surface area contributed by atoms with Crippen LogP contribution >= 0.6 is 11.6 Å². The first-order chi connectivity index (χ1) is 9.15. The number of hydrogen-bond acceptors (Lipinski definition) is 3. The lowest BCUT2D eigenvalue weighted by molar-refractivity contribution is 0.0696. The van der Waals surface area contributed by atoms with Crippen LogP contribution < -0.4 is 4.72 Å². The number of halogens is 1. The third-order valence-electron chi connectivity index (χ3n) is 3.20. The van der Waals surface area contributed by atoms with Gasteiger partial charge in [-0.1, -0.05) is 32.4 Å². The van der Waals surface area contributed by atoms with E-state index in [2.05, 4.69) is 4.72 Å². The molecule has 0 fully saturated rings. The number of sulfonamides is 1. The standard InChI is InChI=1S/C13H18ClNO4S/c1-8(2)9(3)7-15-20(18,19)12-6-10(13(16)17)4-5-11(12)14/h4-6,8-9,15H,7H2,1-3H3,(H,16,17). The molecule has 20 heavy (non-hydrogen) atoms. The first kappa shape index (κ1) is 16.9. The van der Waals surface area contributed by atoms with E-state index in [0.717, 1.165) is 6.07 Å². The minimum Gasteiger partial charge on any atom is -0.478 e. The predicted octanol–water partition coefficient (Wildman–Crippen LogP) is 2.61. The smallest absolute Gasteiger partial charge is 0.335 e. The molecule has 0 spiro atoms. The summed E-state index contributed by atoms with van der Waals surface area (Å²) in [6.45, 7) is 6.20. The third-order valence-corrected chi connectivity index (χ3v) is 5.11. The van der Waals surface area contributed by atoms with Gasteiger partial charge in [-0.05, 0) is 30.0 Å². The van der Waals surface area contributed by atoms with Crippen molar-refractivity contribution in [2.75, 3.05) is 6.54 Å². The van der Waals surface area contributed by atoms with E-state index >= 15 is 0 Å². The second-order valence-electron chi connectivity index (χ2n) is 5.02. The van der Waals surface area contributed by atoms with Gasteiger partial charge in [0.1, 0.15) is 4.90 Å². The zero-order valence-electron chi connectivity index (χ0n) is 11.6. The third kappa shape index (κ3) is 4.19. The molecule has 0 saturated carbocycles. The van der Waals surface area contributed by atoms with Crippen molar-refractivity contribution in [2.45, 2.75) is 25.7 Å². The molecule has 5 nitrogen and oxygen atoms in total. The number of hydrogen-bond donors (Lipinski definition) is 2. The van der Waals surface area contributed by atoms with Crippen molar-refractivity contribution < 1.29 is 18.3 Å². The predicted molar refractivity (Wildman–Crippen MR) is 77.6 cm³/mol. The summed E-state index contributed by atoms with van der Waals surface area (Å²) in [5, 5.41) is 8.90. The SMILES string of the molecule is CC(C)C(C)CNS(=O)(=O)c1cc(C(=O)O)ccc1Cl. The second kappa shape index (κ2) is 6.56. The van der Waals surface area contributed by atoms with Crippen molar-refractivity contribution in [1.29, 1.82) is 0 Å². The maximum absolute atomic E-state index is 12.2. The molecule has 1 aromatic rings. The number of benzene rings is 1. The fourth-order valence-electron chi connectivity index (χ4n) is 1.40. The average molecular weight is 320 g/mol. The summed E-state index contributed by atoms with van der Waals surface area (Å²) in [6.07, 6.45) is 0. The number of carbonyl (C=O) groups is 1. The molecule has 1 atom stereocenters. The molecule has 112 valence electrons. The fourth-order valence-corrected chi connectivity index (χ4v) is 3.06. The van der Waals surface area contributed by atoms with Crippen molar-refractivity contribution in [2.24, 2.45) is 11.8 Å². The van der Waals surface area contributed by atoms with E-state index in [1.807, 2.05) is 20.8 Å². The fraction of sp³-hybridized carbons (Fsp3) is 0.462. The number of nitrogens with one attached hydrogen (secondary N) is 1. The van der Waals surface area contributed by atoms with E-state index < -0.39 is 16.0 Å². The quantitative estimate of drug-likeness (QED) is 0.844. The Bertz CT molecular complexity index is 598. The molecule has 2 N–H and O–H groups in total. The molecular formula is C13H18ClNO4S. The van der Waals surface area contributed by atoms with Crippen LogP contribution in [0.2, 0.25) is 5.02 Å². The van der Waals surface area contributed by atoms with Gasteiger partial charge in [-0.2, -0.15) is 0 Å². The molecule has 0 aliphatic heterocycles. The summed E-state index contributed by atoms with van der Waals surface area (Å²) in [5.41, 5.74) is -0.119. The molecule has 1 rings (SSSR count). The zero-order valence-corrected chi connectivity index (χ0v) is 13.1. The summed E-state index contributed by atoms with van der Waals surface area (Å²) >= 11 is 5.85. The normalized spacial score (nSPS) is 13.4. The van der Waals surface area contributed by atoms with Gasteiger partial charge in [0, 0.05) is 6.54 Å². The first-order valence-electron chi connectivity index (χ1n) is 6.17. The molecule has 0 heterocycles. The highest BCUT2D eigenvalue weighted by molar-refractivity contribution is 7.89. The summed E-state index contributed by atoms with van der Waals surface area (Å²) < 4.78 is 26.8. The molecule has 0 radical (unpaired) electrons. The van der Waals surface area contributed by atoms with Crippen molar-refractivity contribution in [3.05, 3.63) is 28.8 Å². The van der Waals surface area contributed by atoms with E-state index in [4.69, 9.17) is 16.7 Å². The van der Waals surface area contributed by atoms with E-state index in [1.165, 1.54) is 12.1 Å². The average Bonchev–Trinajstić information content (AvgIpc) is 2.35. The van der Waals surface area contributed by atoms with Crippen LogP contribution in [0, 0.1) is 11.8 Å². The summed E-state index contributed by atoms with van der Waals surface area (Å²) in [4.78, 5) is 10.7. The summed E-state index contributed by atoms with van der Waals surface area (Å²) in [7, 11) is -3.82. The monoisotopic (exact) mass is 319 g/mol. The van der Waals surface area contributed by atoms with Crippen LogP contribution in [0.3, 0.4) is 0 Å². The lowest BCUT2D eigenvalue weighted by atomic mass is 9.99. The molecule has 0 saturated heterocycles. The van der Waals surface area contributed by atoms with Gasteiger partial charge in [0.25, 0.3) is 0 Å². The van der Waals surface area contributed by atoms with Crippen LogP contribution in [0.1, 0.15) is 31.1 Å². The topological polar surface area (TPSA) is 83.5 Å². The van der Waals surface area contributed by atoms with Crippen molar-refractivity contribution in [3.63, 3.8) is 0 Å². The Morgan fingerprint density at radius 1 is 1.35 bits per heavy atom. The molecule has 1 unspecified atom stereocenters. The van der Waals surface area contributed by atoms with E-state index in [1.54, 1.807) is 0 Å². The lowest BCUT2D eigenvalue weighted by Gasteiger charge is -2.16. The minimum absolute atomic E-state index is 0.000278. The molecule has 0 aromatic heterocycles. The minimum atomic E-state index is -3.82. The zero-order chi connectivity index (χ0) is 15.5. The van der Waals surface area contributed by atoms with Gasteiger partial charge in [-0.25, -0.2) is 17.9 Å². The van der Waals surface area contributed by atoms with Crippen LogP contribution in [0.25, 0.3) is 0 Å². The van der Waals surface area contributed by atoms with E-state index in [0.29, 0.717) is 5.92 Å². The Morgan fingerprint density at radius 3 is 2.45 bits per heavy atom. The molecule has 0 aliphatic rings. The van der Waals surface area contributed by atoms with E-state index in [9.17, 15) is 13.2 Å². The first-order valence-corrected chi connectivity index (χ1v) is 8.03. The second-order valence-corrected chi connectivity index (χ2v) is 7.17. The maximum atomic E-state index is 12.2. The maximum Gasteiger partial charge on any atom is 0.335 e. The Morgan fingerprint density at radius 2 is 1.95 bits per heavy atom. The highest BCUT2D eigenvalue weighted by atomic mass is 35.5. The summed E-state index contributed by atoms with van der Waals surface area (Å²) in [6, 6.07) is 3.60. The Hall–Kier alpha value is -1.11. The van der Waals surface area contributed by atoms with Crippen molar-refractivity contribution >= 4 is 27.6 Å². The van der Waals surface area contributed by atoms with Gasteiger partial charge in [0.05, 0.1) is 10.6 Å². The van der Waals surface area contributed by atoms with E-state index in [-0.39, 0.29) is 27.9 Å². The Balaban J connectivity index is 3.03. The van der Waals surface area contributed by atoms with Crippen LogP contribution in [0.5, 0.6) is 0 Å². The lowest BCUT2D eigenvalue weighted by Crippen LogP contribution is -2.30.